The molecule has 0 unspecified atom stereocenters. The Bertz CT molecular complexity index is 9.51. The molecule has 0 aromatic carbocycles. The normalized spacial score (nSPS) is 1.00. The van der Waals surface area contributed by atoms with Crippen LogP contribution in [0.15, 0.2) is 0 Å². The van der Waals surface area contributed by atoms with E-state index < -0.39 is 0 Å². The number of rotatable bonds is 0. The van der Waals surface area contributed by atoms with Gasteiger partial charge in [-0.05, 0) is 0 Å². The Morgan fingerprint density at radius 1 is 0.667 bits per heavy atom. The molecule has 6 heavy (non-hydrogen) atoms. The van der Waals surface area contributed by atoms with Gasteiger partial charge < -0.3 is 23.3 Å². The predicted molar refractivity (Wildman–Crippen MR) is 26.2 cm³/mol. The molecule has 0 spiro atoms. The SMILES string of the molecule is [B].[B].[Mo].[Mo].[S-][S-]. The molecule has 0 saturated heterocycles. The standard InChI is InChI=1S/2B.2Mo.S2/c;;;;1-2/q;;;;-2. The van der Waals surface area contributed by atoms with E-state index in [9.17, 15) is 0 Å². The van der Waals surface area contributed by atoms with E-state index in [4.69, 9.17) is 0 Å². The molecule has 0 fully saturated rings. The van der Waals surface area contributed by atoms with Gasteiger partial charge in [-0.3, -0.25) is 0 Å². The van der Waals surface area contributed by atoms with Gasteiger partial charge in [0.25, 0.3) is 0 Å². The molecule has 32 valence electrons. The van der Waals surface area contributed by atoms with Crippen molar-refractivity contribution in [2.75, 3.05) is 0 Å². The summed E-state index contributed by atoms with van der Waals surface area (Å²) >= 11 is 7.33. The summed E-state index contributed by atoms with van der Waals surface area (Å²) in [6, 6.07) is 0. The maximum Gasteiger partial charge on any atom is 0 e. The fourth-order valence-electron chi connectivity index (χ4n) is 0. The second kappa shape index (κ2) is 57.0. The minimum Gasteiger partial charge on any atom is -1.00 e. The van der Waals surface area contributed by atoms with E-state index in [1.165, 1.54) is 0 Å². The second-order valence-electron chi connectivity index (χ2n) is 0. The first kappa shape index (κ1) is 41.5. The summed E-state index contributed by atoms with van der Waals surface area (Å²) in [6.45, 7) is 0. The third-order valence-electron chi connectivity index (χ3n) is 0. The van der Waals surface area contributed by atoms with Crippen LogP contribution in [0.4, 0.5) is 0 Å². The Morgan fingerprint density at radius 2 is 0.667 bits per heavy atom. The van der Waals surface area contributed by atoms with Crippen molar-refractivity contribution in [1.82, 2.24) is 0 Å². The van der Waals surface area contributed by atoms with E-state index in [-0.39, 0.29) is 59.0 Å². The van der Waals surface area contributed by atoms with Crippen LogP contribution in [0.25, 0.3) is 0 Å². The van der Waals surface area contributed by atoms with Crippen molar-refractivity contribution in [1.29, 1.82) is 0 Å². The third kappa shape index (κ3) is 34.6. The van der Waals surface area contributed by atoms with Crippen molar-refractivity contribution >= 4 is 40.1 Å². The summed E-state index contributed by atoms with van der Waals surface area (Å²) < 4.78 is 0. The molecule has 0 atom stereocenters. The number of hydrogen-bond donors (Lipinski definition) is 0. The molecule has 0 amide bonds. The molecular formula is B2Mo2S2-2. The molecule has 0 aliphatic carbocycles. The van der Waals surface area contributed by atoms with Gasteiger partial charge in [-0.25, -0.2) is 0 Å². The molecule has 0 aromatic heterocycles. The second-order valence-corrected chi connectivity index (χ2v) is 0. The van der Waals surface area contributed by atoms with Gasteiger partial charge in [-0.15, -0.1) is 0 Å². The zero-order valence-electron chi connectivity index (χ0n) is 2.79. The van der Waals surface area contributed by atoms with Crippen molar-refractivity contribution < 1.29 is 42.1 Å². The topological polar surface area (TPSA) is 0 Å². The van der Waals surface area contributed by atoms with Crippen molar-refractivity contribution in [3.63, 3.8) is 0 Å². The van der Waals surface area contributed by atoms with Gasteiger partial charge in [0, 0.05) is 59.0 Å². The Balaban J connectivity index is -0.000000000833. The fraction of sp³-hybridized carbons (Fsp3) is 0. The molecule has 0 aliphatic heterocycles. The van der Waals surface area contributed by atoms with Gasteiger partial charge >= 0.3 is 0 Å². The summed E-state index contributed by atoms with van der Waals surface area (Å²) in [5.41, 5.74) is 0. The van der Waals surface area contributed by atoms with Gasteiger partial charge in [0.15, 0.2) is 0 Å². The Labute approximate surface area is 81.5 Å². The maximum absolute atomic E-state index is 3.67. The quantitative estimate of drug-likeness (QED) is 0.324. The van der Waals surface area contributed by atoms with Gasteiger partial charge in [-0.2, -0.15) is 0 Å². The van der Waals surface area contributed by atoms with Crippen LogP contribution in [0.3, 0.4) is 0 Å². The average Bonchev–Trinajstić information content (AvgIpc) is 1.00. The molecular weight excluding hydrogens is 278 g/mol. The van der Waals surface area contributed by atoms with Crippen molar-refractivity contribution in [2.45, 2.75) is 0 Å². The molecule has 0 N–H and O–H groups in total. The first-order valence-corrected chi connectivity index (χ1v) is 1.50. The summed E-state index contributed by atoms with van der Waals surface area (Å²) in [5.74, 6) is 0. The van der Waals surface area contributed by atoms with Crippen LogP contribution in [0.2, 0.25) is 0 Å². The van der Waals surface area contributed by atoms with E-state index in [2.05, 4.69) is 23.3 Å². The third-order valence-corrected chi connectivity index (χ3v) is 0. The van der Waals surface area contributed by atoms with Gasteiger partial charge in [0.1, 0.15) is 0 Å². The maximum atomic E-state index is 3.67. The Morgan fingerprint density at radius 3 is 0.667 bits per heavy atom. The zero-order valence-corrected chi connectivity index (χ0v) is 8.43. The van der Waals surface area contributed by atoms with E-state index in [0.717, 1.165) is 0 Å². The van der Waals surface area contributed by atoms with Gasteiger partial charge in [0.2, 0.25) is 0 Å². The van der Waals surface area contributed by atoms with Crippen molar-refractivity contribution in [3.05, 3.63) is 0 Å². The largest absolute Gasteiger partial charge is 1.00 e. The molecule has 0 saturated carbocycles. The molecule has 0 rings (SSSR count). The van der Waals surface area contributed by atoms with E-state index >= 15 is 0 Å². The van der Waals surface area contributed by atoms with Crippen LogP contribution in [-0.2, 0) is 65.5 Å². The summed E-state index contributed by atoms with van der Waals surface area (Å²) in [7, 11) is 0. The van der Waals surface area contributed by atoms with Crippen LogP contribution >= 0.6 is 0 Å². The van der Waals surface area contributed by atoms with E-state index in [1.807, 2.05) is 0 Å². The Hall–Kier alpha value is 2.21. The monoisotopic (exact) mass is 282 g/mol. The number of hydrogen-bond acceptors (Lipinski definition) is 2. The van der Waals surface area contributed by atoms with E-state index in [1.54, 1.807) is 0 Å². The smallest absolute Gasteiger partial charge is 0 e. The molecule has 0 aliphatic rings. The molecule has 0 bridgehead atoms. The van der Waals surface area contributed by atoms with Crippen LogP contribution in [0.5, 0.6) is 0 Å². The van der Waals surface area contributed by atoms with Crippen LogP contribution in [0.1, 0.15) is 0 Å². The molecule has 6 heteroatoms. The Kier molecular flexibility index (Phi) is 394. The first-order chi connectivity index (χ1) is 1.00. The zero-order chi connectivity index (χ0) is 2.00. The molecule has 6 radical (unpaired) electrons. The predicted octanol–water partition coefficient (Wildman–Crippen LogP) is -0.771. The van der Waals surface area contributed by atoms with Gasteiger partial charge in [0.05, 0.1) is 0 Å². The minimum atomic E-state index is 0. The summed E-state index contributed by atoms with van der Waals surface area (Å²) in [5, 5.41) is 0. The first-order valence-electron chi connectivity index (χ1n) is 0.167. The van der Waals surface area contributed by atoms with Crippen molar-refractivity contribution in [2.24, 2.45) is 0 Å². The molecule has 0 nitrogen and oxygen atoms in total. The summed E-state index contributed by atoms with van der Waals surface area (Å²) in [6.07, 6.45) is 0. The van der Waals surface area contributed by atoms with Crippen LogP contribution in [-0.4, -0.2) is 16.8 Å². The molecule has 0 heterocycles. The van der Waals surface area contributed by atoms with Crippen LogP contribution in [0, 0.1) is 0 Å². The van der Waals surface area contributed by atoms with Crippen molar-refractivity contribution in [3.8, 4) is 0 Å². The van der Waals surface area contributed by atoms with Gasteiger partial charge in [-0.1, -0.05) is 0 Å². The minimum absolute atomic E-state index is 0. The van der Waals surface area contributed by atoms with Crippen LogP contribution < -0.4 is 0 Å². The fourth-order valence-corrected chi connectivity index (χ4v) is 0. The average molecular weight is 278 g/mol. The molecule has 0 aromatic rings. The van der Waals surface area contributed by atoms with E-state index in [0.29, 0.717) is 0 Å². The summed E-state index contributed by atoms with van der Waals surface area (Å²) in [4.78, 5) is 0.